The number of hydrogen-bond donors (Lipinski definition) is 2. The van der Waals surface area contributed by atoms with Gasteiger partial charge in [0.05, 0.1) is 31.8 Å². The fraction of sp³-hybridized carbons (Fsp3) is 0.280. The number of aliphatic hydroxyl groups is 1. The molecule has 1 aliphatic rings. The molecule has 3 heterocycles. The molecule has 6 nitrogen and oxygen atoms in total. The van der Waals surface area contributed by atoms with E-state index in [1.807, 2.05) is 30.3 Å². The SMILES string of the molecule is OCc1ccccc1CNc1nc(CN2CCOCC2)nc2scc(-c3ccccc3)c12. The van der Waals surface area contributed by atoms with Gasteiger partial charge in [0.25, 0.3) is 0 Å². The highest BCUT2D eigenvalue weighted by Crippen LogP contribution is 2.37. The fourth-order valence-electron chi connectivity index (χ4n) is 4.04. The molecule has 2 aromatic carbocycles. The third-order valence-corrected chi connectivity index (χ3v) is 6.64. The topological polar surface area (TPSA) is 70.5 Å². The highest BCUT2D eigenvalue weighted by Gasteiger charge is 2.18. The summed E-state index contributed by atoms with van der Waals surface area (Å²) in [6, 6.07) is 18.3. The van der Waals surface area contributed by atoms with E-state index in [0.29, 0.717) is 13.1 Å². The van der Waals surface area contributed by atoms with Crippen LogP contribution in [0.2, 0.25) is 0 Å². The summed E-state index contributed by atoms with van der Waals surface area (Å²) >= 11 is 1.65. The van der Waals surface area contributed by atoms with Crippen LogP contribution in [0.5, 0.6) is 0 Å². The predicted molar refractivity (Wildman–Crippen MR) is 129 cm³/mol. The van der Waals surface area contributed by atoms with Gasteiger partial charge in [-0.2, -0.15) is 0 Å². The second kappa shape index (κ2) is 9.75. The molecule has 2 aromatic heterocycles. The van der Waals surface area contributed by atoms with E-state index in [2.05, 4.69) is 39.9 Å². The maximum absolute atomic E-state index is 9.71. The van der Waals surface area contributed by atoms with Crippen LogP contribution in [0.4, 0.5) is 5.82 Å². The number of aliphatic hydroxyl groups excluding tert-OH is 1. The van der Waals surface area contributed by atoms with Gasteiger partial charge in [0.2, 0.25) is 0 Å². The number of aromatic nitrogens is 2. The van der Waals surface area contributed by atoms with E-state index in [4.69, 9.17) is 14.7 Å². The Kier molecular flexibility index (Phi) is 6.41. The maximum Gasteiger partial charge on any atom is 0.146 e. The summed E-state index contributed by atoms with van der Waals surface area (Å²) in [5.74, 6) is 1.66. The Labute approximate surface area is 191 Å². The van der Waals surface area contributed by atoms with Gasteiger partial charge in [-0.05, 0) is 16.7 Å². The summed E-state index contributed by atoms with van der Waals surface area (Å²) in [6.07, 6.45) is 0. The second-order valence-corrected chi connectivity index (χ2v) is 8.71. The van der Waals surface area contributed by atoms with Crippen molar-refractivity contribution in [3.05, 3.63) is 76.9 Å². The van der Waals surface area contributed by atoms with E-state index in [0.717, 1.165) is 70.4 Å². The first-order valence-electron chi connectivity index (χ1n) is 10.9. The summed E-state index contributed by atoms with van der Waals surface area (Å²) in [6.45, 7) is 4.61. The average Bonchev–Trinajstić information content (AvgIpc) is 3.28. The standard InChI is InChI=1S/C25H26N4O2S/c30-16-20-9-5-4-8-19(20)14-26-24-23-21(18-6-2-1-3-7-18)17-32-25(23)28-22(27-24)15-29-10-12-31-13-11-29/h1-9,17,30H,10-16H2,(H,26,27,28). The lowest BCUT2D eigenvalue weighted by atomic mass is 10.1. The Morgan fingerprint density at radius 2 is 1.72 bits per heavy atom. The average molecular weight is 447 g/mol. The number of morpholine rings is 1. The Bertz CT molecular complexity index is 1190. The molecule has 0 unspecified atom stereocenters. The molecular formula is C25H26N4O2S. The molecule has 32 heavy (non-hydrogen) atoms. The van der Waals surface area contributed by atoms with Crippen molar-refractivity contribution in [2.75, 3.05) is 31.6 Å². The van der Waals surface area contributed by atoms with Crippen LogP contribution in [0.3, 0.4) is 0 Å². The normalized spacial score (nSPS) is 14.7. The summed E-state index contributed by atoms with van der Waals surface area (Å²) < 4.78 is 5.48. The highest BCUT2D eigenvalue weighted by molar-refractivity contribution is 7.17. The first-order chi connectivity index (χ1) is 15.8. The van der Waals surface area contributed by atoms with Crippen LogP contribution in [0.15, 0.2) is 60.0 Å². The Balaban J connectivity index is 1.52. The van der Waals surface area contributed by atoms with Crippen LogP contribution in [0.1, 0.15) is 17.0 Å². The number of ether oxygens (including phenoxy) is 1. The smallest absolute Gasteiger partial charge is 0.146 e. The quantitative estimate of drug-likeness (QED) is 0.441. The van der Waals surface area contributed by atoms with Crippen molar-refractivity contribution in [2.24, 2.45) is 0 Å². The molecule has 0 atom stereocenters. The number of thiophene rings is 1. The molecule has 2 N–H and O–H groups in total. The number of benzene rings is 2. The van der Waals surface area contributed by atoms with E-state index in [1.165, 1.54) is 0 Å². The molecule has 5 rings (SSSR count). The lowest BCUT2D eigenvalue weighted by molar-refractivity contribution is 0.0331. The fourth-order valence-corrected chi connectivity index (χ4v) is 5.00. The summed E-state index contributed by atoms with van der Waals surface area (Å²) in [7, 11) is 0. The van der Waals surface area contributed by atoms with Gasteiger partial charge < -0.3 is 15.2 Å². The van der Waals surface area contributed by atoms with Gasteiger partial charge in [0.15, 0.2) is 0 Å². The van der Waals surface area contributed by atoms with Crippen LogP contribution < -0.4 is 5.32 Å². The van der Waals surface area contributed by atoms with E-state index in [9.17, 15) is 5.11 Å². The molecule has 0 bridgehead atoms. The molecule has 0 aliphatic carbocycles. The zero-order valence-electron chi connectivity index (χ0n) is 17.8. The van der Waals surface area contributed by atoms with Gasteiger partial charge in [0.1, 0.15) is 16.5 Å². The van der Waals surface area contributed by atoms with E-state index >= 15 is 0 Å². The molecule has 164 valence electrons. The Morgan fingerprint density at radius 3 is 2.50 bits per heavy atom. The molecule has 1 aliphatic heterocycles. The van der Waals surface area contributed by atoms with Crippen molar-refractivity contribution in [3.8, 4) is 11.1 Å². The van der Waals surface area contributed by atoms with Crippen LogP contribution >= 0.6 is 11.3 Å². The van der Waals surface area contributed by atoms with Crippen LogP contribution in [-0.4, -0.2) is 46.3 Å². The number of rotatable bonds is 7. The van der Waals surface area contributed by atoms with Crippen molar-refractivity contribution in [2.45, 2.75) is 19.7 Å². The van der Waals surface area contributed by atoms with Crippen molar-refractivity contribution >= 4 is 27.4 Å². The minimum absolute atomic E-state index is 0.0209. The van der Waals surface area contributed by atoms with Gasteiger partial charge in [-0.1, -0.05) is 54.6 Å². The number of anilines is 1. The summed E-state index contributed by atoms with van der Waals surface area (Å²) in [5, 5.41) is 16.5. The zero-order valence-corrected chi connectivity index (χ0v) is 18.6. The minimum atomic E-state index is 0.0209. The number of nitrogens with zero attached hydrogens (tertiary/aromatic N) is 3. The Hall–Kier alpha value is -2.84. The van der Waals surface area contributed by atoms with Gasteiger partial charge in [0, 0.05) is 30.6 Å². The molecular weight excluding hydrogens is 420 g/mol. The molecule has 1 saturated heterocycles. The number of fused-ring (bicyclic) bond motifs is 1. The molecule has 0 spiro atoms. The van der Waals surface area contributed by atoms with Crippen LogP contribution in [0.25, 0.3) is 21.3 Å². The molecule has 7 heteroatoms. The van der Waals surface area contributed by atoms with Gasteiger partial charge in [-0.25, -0.2) is 9.97 Å². The third-order valence-electron chi connectivity index (χ3n) is 5.77. The monoisotopic (exact) mass is 446 g/mol. The van der Waals surface area contributed by atoms with Crippen LogP contribution in [-0.2, 0) is 24.4 Å². The first kappa shape index (κ1) is 21.0. The molecule has 0 amide bonds. The van der Waals surface area contributed by atoms with Crippen molar-refractivity contribution < 1.29 is 9.84 Å². The van der Waals surface area contributed by atoms with E-state index in [1.54, 1.807) is 11.3 Å². The molecule has 4 aromatic rings. The van der Waals surface area contributed by atoms with E-state index < -0.39 is 0 Å². The largest absolute Gasteiger partial charge is 0.392 e. The summed E-state index contributed by atoms with van der Waals surface area (Å²) in [5.41, 5.74) is 4.28. The lowest BCUT2D eigenvalue weighted by Crippen LogP contribution is -2.36. The summed E-state index contributed by atoms with van der Waals surface area (Å²) in [4.78, 5) is 13.2. The number of hydrogen-bond acceptors (Lipinski definition) is 7. The Morgan fingerprint density at radius 1 is 0.969 bits per heavy atom. The van der Waals surface area contributed by atoms with E-state index in [-0.39, 0.29) is 6.61 Å². The predicted octanol–water partition coefficient (Wildman–Crippen LogP) is 4.29. The van der Waals surface area contributed by atoms with Gasteiger partial charge in [-0.15, -0.1) is 11.3 Å². The number of nitrogens with one attached hydrogen (secondary N) is 1. The third kappa shape index (κ3) is 4.52. The van der Waals surface area contributed by atoms with Gasteiger partial charge >= 0.3 is 0 Å². The van der Waals surface area contributed by atoms with Crippen molar-refractivity contribution in [1.29, 1.82) is 0 Å². The van der Waals surface area contributed by atoms with Crippen LogP contribution in [0, 0.1) is 0 Å². The van der Waals surface area contributed by atoms with Gasteiger partial charge in [-0.3, -0.25) is 4.90 Å². The molecule has 0 radical (unpaired) electrons. The minimum Gasteiger partial charge on any atom is -0.392 e. The van der Waals surface area contributed by atoms with Crippen molar-refractivity contribution in [1.82, 2.24) is 14.9 Å². The lowest BCUT2D eigenvalue weighted by Gasteiger charge is -2.25. The maximum atomic E-state index is 9.71. The first-order valence-corrected chi connectivity index (χ1v) is 11.7. The van der Waals surface area contributed by atoms with Crippen molar-refractivity contribution in [3.63, 3.8) is 0 Å². The molecule has 1 fully saturated rings. The second-order valence-electron chi connectivity index (χ2n) is 7.85. The highest BCUT2D eigenvalue weighted by atomic mass is 32.1. The molecule has 0 saturated carbocycles. The zero-order chi connectivity index (χ0) is 21.8.